The summed E-state index contributed by atoms with van der Waals surface area (Å²) in [6.07, 6.45) is 0. The Balaban J connectivity index is 2.48. The molecule has 20 heavy (non-hydrogen) atoms. The van der Waals surface area contributed by atoms with Crippen LogP contribution in [0.2, 0.25) is 0 Å². The van der Waals surface area contributed by atoms with Gasteiger partial charge in [-0.1, -0.05) is 0 Å². The van der Waals surface area contributed by atoms with Crippen LogP contribution in [-0.2, 0) is 0 Å². The van der Waals surface area contributed by atoms with E-state index < -0.39 is 5.97 Å². The fourth-order valence-corrected chi connectivity index (χ4v) is 1.78. The van der Waals surface area contributed by atoms with Crippen molar-refractivity contribution in [2.45, 2.75) is 6.92 Å². The van der Waals surface area contributed by atoms with E-state index in [9.17, 15) is 9.90 Å². The summed E-state index contributed by atoms with van der Waals surface area (Å²) in [6.45, 7) is 2.21. The number of hydrogen-bond donors (Lipinski definition) is 3. The molecular formula is C13H14N2O5. The predicted octanol–water partition coefficient (Wildman–Crippen LogP) is 1.89. The molecular weight excluding hydrogens is 264 g/mol. The molecule has 0 saturated heterocycles. The highest BCUT2D eigenvalue weighted by Crippen LogP contribution is 2.40. The van der Waals surface area contributed by atoms with Crippen LogP contribution in [0.5, 0.6) is 17.2 Å². The smallest absolute Gasteiger partial charge is 0.353 e. The number of hydrogen-bond acceptors (Lipinski definition) is 5. The number of aromatic hydroxyl groups is 1. The van der Waals surface area contributed by atoms with Crippen molar-refractivity contribution in [2.24, 2.45) is 0 Å². The Morgan fingerprint density at radius 3 is 2.70 bits per heavy atom. The van der Waals surface area contributed by atoms with E-state index in [1.165, 1.54) is 19.2 Å². The molecule has 0 saturated carbocycles. The van der Waals surface area contributed by atoms with Crippen molar-refractivity contribution in [1.29, 1.82) is 0 Å². The zero-order chi connectivity index (χ0) is 14.7. The van der Waals surface area contributed by atoms with Gasteiger partial charge in [0.05, 0.1) is 19.4 Å². The normalized spacial score (nSPS) is 10.3. The van der Waals surface area contributed by atoms with E-state index in [0.717, 1.165) is 0 Å². The van der Waals surface area contributed by atoms with Crippen LogP contribution in [0, 0.1) is 0 Å². The Bertz CT molecular complexity index is 636. The zero-order valence-electron chi connectivity index (χ0n) is 11.0. The first-order chi connectivity index (χ1) is 9.56. The van der Waals surface area contributed by atoms with Crippen molar-refractivity contribution in [3.05, 3.63) is 23.9 Å². The third-order valence-corrected chi connectivity index (χ3v) is 2.64. The second-order valence-corrected chi connectivity index (χ2v) is 3.93. The van der Waals surface area contributed by atoms with Crippen LogP contribution in [0.1, 0.15) is 17.4 Å². The van der Waals surface area contributed by atoms with E-state index in [1.807, 2.05) is 0 Å². The Morgan fingerprint density at radius 1 is 1.40 bits per heavy atom. The van der Waals surface area contributed by atoms with Crippen molar-refractivity contribution in [2.75, 3.05) is 13.7 Å². The Kier molecular flexibility index (Phi) is 3.79. The standard InChI is InChI=1S/C13H14N2O5/c1-3-20-11-5-7(4-10(16)12(11)19-2)8-6-9(13(17)18)15-14-8/h4-6,16H,3H2,1-2H3,(H,14,15)(H,17,18). The molecule has 0 amide bonds. The number of ether oxygens (including phenoxy) is 2. The summed E-state index contributed by atoms with van der Waals surface area (Å²) in [4.78, 5) is 10.8. The molecule has 1 aromatic heterocycles. The molecule has 1 heterocycles. The van der Waals surface area contributed by atoms with Crippen molar-refractivity contribution >= 4 is 5.97 Å². The van der Waals surface area contributed by atoms with Gasteiger partial charge in [-0.15, -0.1) is 0 Å². The molecule has 2 aromatic rings. The van der Waals surface area contributed by atoms with Crippen LogP contribution in [0.25, 0.3) is 11.3 Å². The second-order valence-electron chi connectivity index (χ2n) is 3.93. The van der Waals surface area contributed by atoms with E-state index in [1.54, 1.807) is 13.0 Å². The lowest BCUT2D eigenvalue weighted by molar-refractivity contribution is 0.0690. The second kappa shape index (κ2) is 5.52. The van der Waals surface area contributed by atoms with Crippen molar-refractivity contribution in [1.82, 2.24) is 10.2 Å². The summed E-state index contributed by atoms with van der Waals surface area (Å²) >= 11 is 0. The van der Waals surface area contributed by atoms with Gasteiger partial charge in [0.25, 0.3) is 0 Å². The van der Waals surface area contributed by atoms with Crippen LogP contribution < -0.4 is 9.47 Å². The van der Waals surface area contributed by atoms with E-state index in [-0.39, 0.29) is 17.2 Å². The summed E-state index contributed by atoms with van der Waals surface area (Å²) in [6, 6.07) is 4.44. The van der Waals surface area contributed by atoms with Crippen molar-refractivity contribution < 1.29 is 24.5 Å². The van der Waals surface area contributed by atoms with Crippen molar-refractivity contribution in [3.63, 3.8) is 0 Å². The SMILES string of the molecule is CCOc1cc(-c2cc(C(=O)O)[nH]n2)cc(O)c1OC. The monoisotopic (exact) mass is 278 g/mol. The molecule has 3 N–H and O–H groups in total. The molecule has 0 aliphatic carbocycles. The number of H-pyrrole nitrogens is 1. The number of nitrogens with one attached hydrogen (secondary N) is 1. The molecule has 1 aromatic carbocycles. The molecule has 106 valence electrons. The molecule has 0 fully saturated rings. The minimum Gasteiger partial charge on any atom is -0.504 e. The molecule has 0 radical (unpaired) electrons. The average molecular weight is 278 g/mol. The molecule has 0 bridgehead atoms. The topological polar surface area (TPSA) is 105 Å². The molecule has 0 spiro atoms. The van der Waals surface area contributed by atoms with Gasteiger partial charge in [0, 0.05) is 5.56 Å². The van der Waals surface area contributed by atoms with Crippen LogP contribution in [0.15, 0.2) is 18.2 Å². The molecule has 2 rings (SSSR count). The third-order valence-electron chi connectivity index (χ3n) is 2.64. The minimum absolute atomic E-state index is 0.0340. The molecule has 7 heteroatoms. The summed E-state index contributed by atoms with van der Waals surface area (Å²) in [5, 5.41) is 25.1. The van der Waals surface area contributed by atoms with E-state index in [4.69, 9.17) is 14.6 Å². The first-order valence-electron chi connectivity index (χ1n) is 5.89. The van der Waals surface area contributed by atoms with Gasteiger partial charge in [-0.3, -0.25) is 5.10 Å². The fraction of sp³-hybridized carbons (Fsp3) is 0.231. The number of methoxy groups -OCH3 is 1. The first kappa shape index (κ1) is 13.7. The molecule has 0 unspecified atom stereocenters. The van der Waals surface area contributed by atoms with Gasteiger partial charge in [0.1, 0.15) is 5.69 Å². The summed E-state index contributed by atoms with van der Waals surface area (Å²) in [5.74, 6) is -0.616. The number of aromatic nitrogens is 2. The number of phenols is 1. The number of carbonyl (C=O) groups is 1. The maximum absolute atomic E-state index is 10.8. The number of phenolic OH excluding ortho intramolecular Hbond substituents is 1. The largest absolute Gasteiger partial charge is 0.504 e. The number of aromatic carboxylic acids is 1. The van der Waals surface area contributed by atoms with Gasteiger partial charge in [-0.05, 0) is 25.1 Å². The number of carboxylic acids is 1. The van der Waals surface area contributed by atoms with Crippen LogP contribution >= 0.6 is 0 Å². The Morgan fingerprint density at radius 2 is 2.15 bits per heavy atom. The van der Waals surface area contributed by atoms with Gasteiger partial charge in [0.2, 0.25) is 5.75 Å². The third kappa shape index (κ3) is 2.51. The van der Waals surface area contributed by atoms with Gasteiger partial charge in [-0.2, -0.15) is 5.10 Å². The lowest BCUT2D eigenvalue weighted by Gasteiger charge is -2.12. The number of rotatable bonds is 5. The molecule has 0 aliphatic heterocycles. The predicted molar refractivity (Wildman–Crippen MR) is 70.4 cm³/mol. The zero-order valence-corrected chi connectivity index (χ0v) is 11.0. The number of carboxylic acid groups (broad SMARTS) is 1. The van der Waals surface area contributed by atoms with Gasteiger partial charge in [0.15, 0.2) is 11.5 Å². The first-order valence-corrected chi connectivity index (χ1v) is 5.89. The maximum Gasteiger partial charge on any atom is 0.353 e. The molecule has 0 aliphatic rings. The van der Waals surface area contributed by atoms with Gasteiger partial charge >= 0.3 is 5.97 Å². The summed E-state index contributed by atoms with van der Waals surface area (Å²) in [7, 11) is 1.42. The molecule has 7 nitrogen and oxygen atoms in total. The molecule has 0 atom stereocenters. The lowest BCUT2D eigenvalue weighted by atomic mass is 10.1. The minimum atomic E-state index is -1.11. The highest BCUT2D eigenvalue weighted by Gasteiger charge is 2.16. The Hall–Kier alpha value is -2.70. The highest BCUT2D eigenvalue weighted by molar-refractivity contribution is 5.87. The van der Waals surface area contributed by atoms with Crippen LogP contribution in [0.3, 0.4) is 0 Å². The van der Waals surface area contributed by atoms with Gasteiger partial charge < -0.3 is 19.7 Å². The lowest BCUT2D eigenvalue weighted by Crippen LogP contribution is -1.96. The number of benzene rings is 1. The quantitative estimate of drug-likeness (QED) is 0.771. The van der Waals surface area contributed by atoms with Crippen LogP contribution in [0.4, 0.5) is 0 Å². The Labute approximate surface area is 114 Å². The number of aromatic amines is 1. The fourth-order valence-electron chi connectivity index (χ4n) is 1.78. The number of nitrogens with zero attached hydrogens (tertiary/aromatic N) is 1. The highest BCUT2D eigenvalue weighted by atomic mass is 16.5. The van der Waals surface area contributed by atoms with Crippen LogP contribution in [-0.4, -0.2) is 40.1 Å². The summed E-state index contributed by atoms with van der Waals surface area (Å²) in [5.41, 5.74) is 0.880. The van der Waals surface area contributed by atoms with E-state index in [2.05, 4.69) is 10.2 Å². The van der Waals surface area contributed by atoms with E-state index in [0.29, 0.717) is 23.6 Å². The maximum atomic E-state index is 10.8. The average Bonchev–Trinajstić information content (AvgIpc) is 2.88. The summed E-state index contributed by atoms with van der Waals surface area (Å²) < 4.78 is 10.5. The van der Waals surface area contributed by atoms with Crippen molar-refractivity contribution in [3.8, 4) is 28.5 Å². The van der Waals surface area contributed by atoms with Gasteiger partial charge in [-0.25, -0.2) is 4.79 Å². The van der Waals surface area contributed by atoms with E-state index >= 15 is 0 Å².